The van der Waals surface area contributed by atoms with Crippen molar-refractivity contribution in [1.29, 1.82) is 0 Å². The van der Waals surface area contributed by atoms with Gasteiger partial charge in [0.15, 0.2) is 0 Å². The van der Waals surface area contributed by atoms with Gasteiger partial charge in [0.2, 0.25) is 0 Å². The van der Waals surface area contributed by atoms with E-state index < -0.39 is 0 Å². The molecule has 19 heavy (non-hydrogen) atoms. The SMILES string of the molecule is OC(CCc1ccccc1)Cc1ccc(Cl)c(Cl)c1. The summed E-state index contributed by atoms with van der Waals surface area (Å²) < 4.78 is 0. The molecule has 0 bridgehead atoms. The standard InChI is InChI=1S/C16H16Cl2O/c17-15-9-7-13(11-16(15)18)10-14(19)8-6-12-4-2-1-3-5-12/h1-5,7,9,11,14,19H,6,8,10H2. The van der Waals surface area contributed by atoms with E-state index in [0.29, 0.717) is 16.5 Å². The number of rotatable bonds is 5. The smallest absolute Gasteiger partial charge is 0.0595 e. The Bertz CT molecular complexity index is 526. The Balaban J connectivity index is 1.87. The average molecular weight is 295 g/mol. The van der Waals surface area contributed by atoms with Gasteiger partial charge < -0.3 is 5.11 Å². The second-order valence-electron chi connectivity index (χ2n) is 4.63. The topological polar surface area (TPSA) is 20.2 Å². The van der Waals surface area contributed by atoms with E-state index >= 15 is 0 Å². The molecule has 2 aromatic rings. The fourth-order valence-corrected chi connectivity index (χ4v) is 2.34. The molecule has 0 radical (unpaired) electrons. The van der Waals surface area contributed by atoms with E-state index in [2.05, 4.69) is 12.1 Å². The third-order valence-electron chi connectivity index (χ3n) is 3.06. The summed E-state index contributed by atoms with van der Waals surface area (Å²) in [6, 6.07) is 15.7. The van der Waals surface area contributed by atoms with Gasteiger partial charge in [-0.1, -0.05) is 59.6 Å². The quantitative estimate of drug-likeness (QED) is 0.859. The number of aliphatic hydroxyl groups excluding tert-OH is 1. The molecule has 0 amide bonds. The van der Waals surface area contributed by atoms with E-state index in [-0.39, 0.29) is 6.10 Å². The molecule has 0 heterocycles. The third-order valence-corrected chi connectivity index (χ3v) is 3.80. The summed E-state index contributed by atoms with van der Waals surface area (Å²) in [4.78, 5) is 0. The molecule has 0 saturated carbocycles. The zero-order valence-corrected chi connectivity index (χ0v) is 12.0. The minimum atomic E-state index is -0.363. The van der Waals surface area contributed by atoms with Crippen LogP contribution < -0.4 is 0 Å². The first-order valence-electron chi connectivity index (χ1n) is 6.31. The maximum atomic E-state index is 10.0. The Morgan fingerprint density at radius 3 is 2.32 bits per heavy atom. The van der Waals surface area contributed by atoms with E-state index in [0.717, 1.165) is 18.4 Å². The van der Waals surface area contributed by atoms with Crippen LogP contribution in [0.4, 0.5) is 0 Å². The highest BCUT2D eigenvalue weighted by atomic mass is 35.5. The highest BCUT2D eigenvalue weighted by Gasteiger charge is 2.07. The second-order valence-corrected chi connectivity index (χ2v) is 5.45. The molecule has 3 heteroatoms. The van der Waals surface area contributed by atoms with Gasteiger partial charge in [0, 0.05) is 0 Å². The lowest BCUT2D eigenvalue weighted by molar-refractivity contribution is 0.165. The van der Waals surface area contributed by atoms with Crippen molar-refractivity contribution in [3.8, 4) is 0 Å². The predicted molar refractivity (Wildman–Crippen MR) is 80.9 cm³/mol. The summed E-state index contributed by atoms with van der Waals surface area (Å²) in [7, 11) is 0. The van der Waals surface area contributed by atoms with Gasteiger partial charge in [0.25, 0.3) is 0 Å². The highest BCUT2D eigenvalue weighted by Crippen LogP contribution is 2.23. The lowest BCUT2D eigenvalue weighted by atomic mass is 10.0. The van der Waals surface area contributed by atoms with Gasteiger partial charge >= 0.3 is 0 Å². The van der Waals surface area contributed by atoms with Crippen LogP contribution in [0.5, 0.6) is 0 Å². The number of aliphatic hydroxyl groups is 1. The van der Waals surface area contributed by atoms with E-state index in [1.807, 2.05) is 30.3 Å². The van der Waals surface area contributed by atoms with Gasteiger partial charge in [-0.3, -0.25) is 0 Å². The summed E-state index contributed by atoms with van der Waals surface area (Å²) in [5.41, 5.74) is 2.26. The summed E-state index contributed by atoms with van der Waals surface area (Å²) in [6.07, 6.45) is 1.86. The molecule has 1 atom stereocenters. The minimum absolute atomic E-state index is 0.363. The lowest BCUT2D eigenvalue weighted by Gasteiger charge is -2.11. The molecule has 1 nitrogen and oxygen atoms in total. The predicted octanol–water partition coefficient (Wildman–Crippen LogP) is 4.53. The van der Waals surface area contributed by atoms with Crippen LogP contribution in [0.25, 0.3) is 0 Å². The fourth-order valence-electron chi connectivity index (χ4n) is 2.02. The molecule has 2 rings (SSSR count). The Kier molecular flexibility index (Phi) is 5.26. The van der Waals surface area contributed by atoms with Crippen LogP contribution in [-0.4, -0.2) is 11.2 Å². The zero-order chi connectivity index (χ0) is 13.7. The van der Waals surface area contributed by atoms with E-state index in [4.69, 9.17) is 23.2 Å². The monoisotopic (exact) mass is 294 g/mol. The van der Waals surface area contributed by atoms with Crippen molar-refractivity contribution in [2.75, 3.05) is 0 Å². The second kappa shape index (κ2) is 6.95. The highest BCUT2D eigenvalue weighted by molar-refractivity contribution is 6.42. The third kappa shape index (κ3) is 4.54. The van der Waals surface area contributed by atoms with Gasteiger partial charge in [-0.15, -0.1) is 0 Å². The molecule has 1 N–H and O–H groups in total. The van der Waals surface area contributed by atoms with Gasteiger partial charge in [-0.2, -0.15) is 0 Å². The molecule has 0 spiro atoms. The first-order valence-corrected chi connectivity index (χ1v) is 7.06. The molecular weight excluding hydrogens is 279 g/mol. The van der Waals surface area contributed by atoms with Crippen molar-refractivity contribution >= 4 is 23.2 Å². The molecule has 0 saturated heterocycles. The molecular formula is C16H16Cl2O. The van der Waals surface area contributed by atoms with Crippen LogP contribution in [0.3, 0.4) is 0 Å². The molecule has 100 valence electrons. The number of hydrogen-bond acceptors (Lipinski definition) is 1. The summed E-state index contributed by atoms with van der Waals surface area (Å²) in [5.74, 6) is 0. The number of aryl methyl sites for hydroxylation is 1. The molecule has 0 aliphatic carbocycles. The van der Waals surface area contributed by atoms with Crippen molar-refractivity contribution < 1.29 is 5.11 Å². The van der Waals surface area contributed by atoms with Crippen molar-refractivity contribution in [3.05, 3.63) is 69.7 Å². The summed E-state index contributed by atoms with van der Waals surface area (Å²) in [5, 5.41) is 11.1. The van der Waals surface area contributed by atoms with Crippen LogP contribution >= 0.6 is 23.2 Å². The van der Waals surface area contributed by atoms with Gasteiger partial charge in [0.05, 0.1) is 16.1 Å². The fraction of sp³-hybridized carbons (Fsp3) is 0.250. The Morgan fingerprint density at radius 1 is 0.895 bits per heavy atom. The number of hydrogen-bond donors (Lipinski definition) is 1. The van der Waals surface area contributed by atoms with Gasteiger partial charge in [-0.05, 0) is 42.5 Å². The van der Waals surface area contributed by atoms with Crippen LogP contribution in [-0.2, 0) is 12.8 Å². The van der Waals surface area contributed by atoms with Crippen LogP contribution in [0.2, 0.25) is 10.0 Å². The maximum absolute atomic E-state index is 10.0. The maximum Gasteiger partial charge on any atom is 0.0595 e. The molecule has 1 unspecified atom stereocenters. The van der Waals surface area contributed by atoms with E-state index in [1.54, 1.807) is 6.07 Å². The Labute approximate surface area is 123 Å². The zero-order valence-electron chi connectivity index (χ0n) is 10.5. The first kappa shape index (κ1) is 14.4. The van der Waals surface area contributed by atoms with E-state index in [1.165, 1.54) is 5.56 Å². The van der Waals surface area contributed by atoms with Crippen LogP contribution in [0.1, 0.15) is 17.5 Å². The van der Waals surface area contributed by atoms with Crippen molar-refractivity contribution in [2.24, 2.45) is 0 Å². The van der Waals surface area contributed by atoms with Gasteiger partial charge in [0.1, 0.15) is 0 Å². The normalized spacial score (nSPS) is 12.4. The Hall–Kier alpha value is -1.02. The van der Waals surface area contributed by atoms with Crippen molar-refractivity contribution in [3.63, 3.8) is 0 Å². The van der Waals surface area contributed by atoms with Crippen molar-refractivity contribution in [1.82, 2.24) is 0 Å². The largest absolute Gasteiger partial charge is 0.393 e. The molecule has 0 aliphatic rings. The summed E-state index contributed by atoms with van der Waals surface area (Å²) in [6.45, 7) is 0. The van der Waals surface area contributed by atoms with Gasteiger partial charge in [-0.25, -0.2) is 0 Å². The lowest BCUT2D eigenvalue weighted by Crippen LogP contribution is -2.11. The first-order chi connectivity index (χ1) is 9.15. The van der Waals surface area contributed by atoms with Crippen LogP contribution in [0, 0.1) is 0 Å². The molecule has 0 aromatic heterocycles. The number of halogens is 2. The molecule has 2 aromatic carbocycles. The number of benzene rings is 2. The molecule has 0 fully saturated rings. The van der Waals surface area contributed by atoms with Crippen LogP contribution in [0.15, 0.2) is 48.5 Å². The van der Waals surface area contributed by atoms with Crippen molar-refractivity contribution in [2.45, 2.75) is 25.4 Å². The summed E-state index contributed by atoms with van der Waals surface area (Å²) >= 11 is 11.8. The van der Waals surface area contributed by atoms with E-state index in [9.17, 15) is 5.11 Å². The molecule has 0 aliphatic heterocycles. The average Bonchev–Trinajstić information content (AvgIpc) is 2.42. The minimum Gasteiger partial charge on any atom is -0.393 e. The Morgan fingerprint density at radius 2 is 1.63 bits per heavy atom.